The maximum atomic E-state index is 13.5. The van der Waals surface area contributed by atoms with Crippen LogP contribution in [0.2, 0.25) is 0 Å². The molecule has 0 bridgehead atoms. The summed E-state index contributed by atoms with van der Waals surface area (Å²) in [5.41, 5.74) is 1.47. The monoisotopic (exact) mass is 462 g/mol. The van der Waals surface area contributed by atoms with Gasteiger partial charge < -0.3 is 0 Å². The molecular weight excluding hydrogens is 435 g/mol. The molecule has 0 spiro atoms. The van der Waals surface area contributed by atoms with Gasteiger partial charge in [-0.2, -0.15) is 8.42 Å². The molecule has 1 saturated heterocycles. The minimum atomic E-state index is -4.01. The molecule has 1 aliphatic heterocycles. The first-order valence-electron chi connectivity index (χ1n) is 9.81. The quantitative estimate of drug-likeness (QED) is 0.342. The minimum absolute atomic E-state index is 0.0178. The van der Waals surface area contributed by atoms with Crippen molar-refractivity contribution in [1.82, 2.24) is 4.67 Å². The number of rotatable bonds is 5. The Morgan fingerprint density at radius 3 is 2.23 bits per heavy atom. The number of sulfonamides is 1. The summed E-state index contributed by atoms with van der Waals surface area (Å²) in [5, 5.41) is 0. The molecule has 1 heterocycles. The lowest BCUT2D eigenvalue weighted by Crippen LogP contribution is -2.34. The Morgan fingerprint density at radius 1 is 1.06 bits per heavy atom. The number of aryl methyl sites for hydroxylation is 1. The zero-order chi connectivity index (χ0) is 22.7. The maximum Gasteiger partial charge on any atom is 0.440 e. The van der Waals surface area contributed by atoms with E-state index in [1.165, 1.54) is 29.9 Å². The average Bonchev–Trinajstić information content (AvgIpc) is 2.71. The van der Waals surface area contributed by atoms with Crippen molar-refractivity contribution < 1.29 is 22.0 Å². The van der Waals surface area contributed by atoms with E-state index >= 15 is 0 Å². The van der Waals surface area contributed by atoms with Crippen LogP contribution in [0, 0.1) is 12.3 Å². The summed E-state index contributed by atoms with van der Waals surface area (Å²) in [5.74, 6) is -0.0178. The highest BCUT2D eigenvalue weighted by Crippen LogP contribution is 2.57. The Balaban J connectivity index is 1.98. The molecule has 7 nitrogen and oxygen atoms in total. The van der Waals surface area contributed by atoms with Crippen LogP contribution >= 0.6 is 7.75 Å². The van der Waals surface area contributed by atoms with Gasteiger partial charge in [-0.25, -0.2) is 9.24 Å². The van der Waals surface area contributed by atoms with E-state index in [-0.39, 0.29) is 29.4 Å². The van der Waals surface area contributed by atoms with Crippen molar-refractivity contribution in [2.75, 3.05) is 13.2 Å². The summed E-state index contributed by atoms with van der Waals surface area (Å²) in [7, 11) is -7.84. The lowest BCUT2D eigenvalue weighted by Gasteiger charge is -2.37. The second kappa shape index (κ2) is 9.09. The molecule has 1 aliphatic rings. The minimum Gasteiger partial charge on any atom is -0.291 e. The summed E-state index contributed by atoms with van der Waals surface area (Å²) in [6.45, 7) is 7.61. The fraction of sp³-hybridized carbons (Fsp3) is 0.318. The van der Waals surface area contributed by atoms with E-state index in [1.54, 1.807) is 18.2 Å². The third kappa shape index (κ3) is 5.92. The molecule has 9 heteroatoms. The highest BCUT2D eigenvalue weighted by Gasteiger charge is 2.42. The van der Waals surface area contributed by atoms with Gasteiger partial charge in [0.2, 0.25) is 0 Å². The topological polar surface area (TPSA) is 85.3 Å². The predicted molar refractivity (Wildman–Crippen MR) is 122 cm³/mol. The van der Waals surface area contributed by atoms with Crippen LogP contribution in [0.1, 0.15) is 31.9 Å². The highest BCUT2D eigenvalue weighted by atomic mass is 32.2. The molecule has 0 aliphatic carbocycles. The summed E-state index contributed by atoms with van der Waals surface area (Å²) < 4.78 is 55.5. The molecule has 1 fully saturated rings. The molecule has 2 aromatic carbocycles. The Labute approximate surface area is 184 Å². The van der Waals surface area contributed by atoms with Gasteiger partial charge in [0.05, 0.1) is 18.1 Å². The van der Waals surface area contributed by atoms with Gasteiger partial charge in [0.25, 0.3) is 10.0 Å². The lowest BCUT2D eigenvalue weighted by molar-refractivity contribution is 0.0312. The van der Waals surface area contributed by atoms with E-state index in [9.17, 15) is 13.0 Å². The molecule has 166 valence electrons. The zero-order valence-electron chi connectivity index (χ0n) is 18.1. The van der Waals surface area contributed by atoms with Crippen LogP contribution in [0.4, 0.5) is 0 Å². The number of nitrogens with zero attached hydrogens (tertiary/aromatic N) is 2. The Morgan fingerprint density at radius 2 is 1.65 bits per heavy atom. The first-order chi connectivity index (χ1) is 14.5. The van der Waals surface area contributed by atoms with Crippen molar-refractivity contribution in [1.29, 1.82) is 0 Å². The van der Waals surface area contributed by atoms with Crippen molar-refractivity contribution in [3.05, 3.63) is 71.9 Å². The number of benzene rings is 2. The fourth-order valence-electron chi connectivity index (χ4n) is 2.78. The van der Waals surface area contributed by atoms with E-state index in [0.29, 0.717) is 0 Å². The SMILES string of the molecule is C/C(=N\S(=O)(=O)c1ccc(C)cc1)N(/C=C/c1ccccc1)P1(=O)OCC(C)(C)CO1. The second-order valence-corrected chi connectivity index (χ2v) is 11.7. The largest absolute Gasteiger partial charge is 0.440 e. The van der Waals surface area contributed by atoms with Crippen molar-refractivity contribution >= 4 is 29.7 Å². The van der Waals surface area contributed by atoms with Crippen LogP contribution in [-0.2, 0) is 23.6 Å². The Bertz CT molecular complexity index is 1110. The lowest BCUT2D eigenvalue weighted by atomic mass is 9.97. The zero-order valence-corrected chi connectivity index (χ0v) is 19.8. The van der Waals surface area contributed by atoms with Crippen LogP contribution in [0.5, 0.6) is 0 Å². The molecule has 0 unspecified atom stereocenters. The standard InChI is InChI=1S/C22H27N2O5PS/c1-18-10-12-21(13-11-18)31(26,27)23-19(2)24(15-14-20-8-6-5-7-9-20)30(25)28-16-22(3,4)17-29-30/h5-15H,16-17H2,1-4H3/b15-14+,23-19+. The van der Waals surface area contributed by atoms with Gasteiger partial charge in [0.1, 0.15) is 5.84 Å². The Hall–Kier alpha value is -2.25. The fourth-order valence-corrected chi connectivity index (χ4v) is 5.84. The second-order valence-electron chi connectivity index (χ2n) is 8.18. The summed E-state index contributed by atoms with van der Waals surface area (Å²) in [4.78, 5) is 0.0503. The summed E-state index contributed by atoms with van der Waals surface area (Å²) >= 11 is 0. The van der Waals surface area contributed by atoms with E-state index in [4.69, 9.17) is 9.05 Å². The normalized spacial score (nSPS) is 18.8. The van der Waals surface area contributed by atoms with Crippen LogP contribution in [0.15, 0.2) is 70.1 Å². The van der Waals surface area contributed by atoms with Crippen molar-refractivity contribution in [3.8, 4) is 0 Å². The van der Waals surface area contributed by atoms with E-state index in [2.05, 4.69) is 4.40 Å². The van der Waals surface area contributed by atoms with Crippen LogP contribution in [0.25, 0.3) is 6.08 Å². The van der Waals surface area contributed by atoms with Gasteiger partial charge in [-0.15, -0.1) is 4.40 Å². The van der Waals surface area contributed by atoms with Gasteiger partial charge in [-0.05, 0) is 37.6 Å². The molecule has 0 atom stereocenters. The van der Waals surface area contributed by atoms with Gasteiger partial charge in [0, 0.05) is 11.6 Å². The molecule has 0 N–H and O–H groups in total. The first-order valence-corrected chi connectivity index (χ1v) is 12.7. The van der Waals surface area contributed by atoms with Crippen molar-refractivity contribution in [3.63, 3.8) is 0 Å². The summed E-state index contributed by atoms with van der Waals surface area (Å²) in [6, 6.07) is 15.7. The number of hydrogen-bond acceptors (Lipinski definition) is 5. The predicted octanol–water partition coefficient (Wildman–Crippen LogP) is 5.26. The molecule has 31 heavy (non-hydrogen) atoms. The van der Waals surface area contributed by atoms with Gasteiger partial charge >= 0.3 is 7.75 Å². The molecular formula is C22H27N2O5PS. The molecule has 0 saturated carbocycles. The molecule has 0 amide bonds. The maximum absolute atomic E-state index is 13.5. The summed E-state index contributed by atoms with van der Waals surface area (Å²) in [6.07, 6.45) is 3.18. The smallest absolute Gasteiger partial charge is 0.291 e. The molecule has 0 radical (unpaired) electrons. The van der Waals surface area contributed by atoms with Crippen molar-refractivity contribution in [2.45, 2.75) is 32.6 Å². The van der Waals surface area contributed by atoms with Crippen molar-refractivity contribution in [2.24, 2.45) is 9.81 Å². The number of amidine groups is 1. The van der Waals surface area contributed by atoms with E-state index in [0.717, 1.165) is 11.1 Å². The molecule has 3 rings (SSSR count). The molecule has 2 aromatic rings. The van der Waals surface area contributed by atoms with Gasteiger partial charge in [-0.1, -0.05) is 61.9 Å². The van der Waals surface area contributed by atoms with Crippen LogP contribution < -0.4 is 0 Å². The number of hydrogen-bond donors (Lipinski definition) is 0. The average molecular weight is 463 g/mol. The third-order valence-corrected chi connectivity index (χ3v) is 7.85. The highest BCUT2D eigenvalue weighted by molar-refractivity contribution is 7.90. The van der Waals surface area contributed by atoms with Crippen LogP contribution in [-0.4, -0.2) is 32.1 Å². The van der Waals surface area contributed by atoms with E-state index in [1.807, 2.05) is 51.1 Å². The first kappa shape index (κ1) is 23.4. The van der Waals surface area contributed by atoms with Gasteiger partial charge in [0.15, 0.2) is 0 Å². The Kier molecular flexibility index (Phi) is 6.86. The van der Waals surface area contributed by atoms with Crippen LogP contribution in [0.3, 0.4) is 0 Å². The van der Waals surface area contributed by atoms with Gasteiger partial charge in [-0.3, -0.25) is 9.05 Å². The third-order valence-electron chi connectivity index (χ3n) is 4.61. The molecule has 0 aromatic heterocycles. The van der Waals surface area contributed by atoms with E-state index < -0.39 is 17.8 Å².